The van der Waals surface area contributed by atoms with Gasteiger partial charge < -0.3 is 0 Å². The Morgan fingerprint density at radius 1 is 1.05 bits per heavy atom. The number of hydrogen-bond donors (Lipinski definition) is 0. The summed E-state index contributed by atoms with van der Waals surface area (Å²) in [5.74, 6) is 0.849. The number of thioether (sulfide) groups is 1. The zero-order valence-electron chi connectivity index (χ0n) is 10.9. The maximum Gasteiger partial charge on any atom is 0.217 e. The number of halogens is 1. The number of para-hydroxylation sites is 1. The van der Waals surface area contributed by atoms with Crippen molar-refractivity contribution in [1.29, 1.82) is 0 Å². The monoisotopic (exact) mass is 331 g/mol. The zero-order valence-corrected chi connectivity index (χ0v) is 13.3. The Bertz CT molecular complexity index is 912. The van der Waals surface area contributed by atoms with Gasteiger partial charge in [0.2, 0.25) is 4.96 Å². The molecule has 0 fully saturated rings. The number of aromatic nitrogens is 3. The number of thiazole rings is 1. The van der Waals surface area contributed by atoms with Crippen LogP contribution in [0.25, 0.3) is 15.2 Å². The van der Waals surface area contributed by atoms with Crippen LogP contribution in [0.1, 0.15) is 5.56 Å². The summed E-state index contributed by atoms with van der Waals surface area (Å²) in [6.45, 7) is 0. The van der Waals surface area contributed by atoms with E-state index in [1.807, 2.05) is 36.4 Å². The van der Waals surface area contributed by atoms with Crippen LogP contribution in [0, 0.1) is 0 Å². The maximum absolute atomic E-state index is 5.91. The largest absolute Gasteiger partial charge is 0.260 e. The first-order valence-electron chi connectivity index (χ1n) is 6.41. The SMILES string of the molecule is Clc1ccc(CSc2nnc3sc4ccccc4n23)cc1. The van der Waals surface area contributed by atoms with Crippen LogP contribution in [0.15, 0.2) is 53.7 Å². The smallest absolute Gasteiger partial charge is 0.217 e. The molecule has 0 amide bonds. The molecule has 0 bridgehead atoms. The van der Waals surface area contributed by atoms with Gasteiger partial charge in [-0.15, -0.1) is 10.2 Å². The van der Waals surface area contributed by atoms with Crippen LogP contribution >= 0.6 is 34.7 Å². The van der Waals surface area contributed by atoms with Gasteiger partial charge in [0, 0.05) is 10.8 Å². The lowest BCUT2D eigenvalue weighted by atomic mass is 10.2. The van der Waals surface area contributed by atoms with E-state index in [1.54, 1.807) is 23.1 Å². The predicted octanol–water partition coefficient (Wildman–Crippen LogP) is 4.89. The van der Waals surface area contributed by atoms with Crippen LogP contribution in [-0.4, -0.2) is 14.6 Å². The van der Waals surface area contributed by atoms with Gasteiger partial charge in [0.25, 0.3) is 0 Å². The molecular weight excluding hydrogens is 322 g/mol. The van der Waals surface area contributed by atoms with Crippen LogP contribution in [0.3, 0.4) is 0 Å². The van der Waals surface area contributed by atoms with Gasteiger partial charge in [0.1, 0.15) is 0 Å². The van der Waals surface area contributed by atoms with Gasteiger partial charge in [-0.2, -0.15) is 0 Å². The zero-order chi connectivity index (χ0) is 14.2. The van der Waals surface area contributed by atoms with Gasteiger partial charge in [-0.3, -0.25) is 4.40 Å². The molecule has 4 rings (SSSR count). The molecule has 104 valence electrons. The summed E-state index contributed by atoms with van der Waals surface area (Å²) in [6, 6.07) is 16.2. The number of hydrogen-bond acceptors (Lipinski definition) is 4. The minimum Gasteiger partial charge on any atom is -0.260 e. The Balaban J connectivity index is 1.68. The summed E-state index contributed by atoms with van der Waals surface area (Å²) >= 11 is 9.26. The van der Waals surface area contributed by atoms with Crippen molar-refractivity contribution in [1.82, 2.24) is 14.6 Å². The summed E-state index contributed by atoms with van der Waals surface area (Å²) in [5.41, 5.74) is 2.39. The molecule has 0 saturated heterocycles. The van der Waals surface area contributed by atoms with Crippen LogP contribution in [0.5, 0.6) is 0 Å². The fourth-order valence-corrected chi connectivity index (χ4v) is 4.23. The standard InChI is InChI=1S/C15H10ClN3S2/c16-11-7-5-10(6-8-11)9-20-14-17-18-15-19(14)12-3-1-2-4-13(12)21-15/h1-8H,9H2. The molecule has 0 spiro atoms. The molecule has 4 aromatic rings. The van der Waals surface area contributed by atoms with E-state index in [1.165, 1.54) is 15.8 Å². The van der Waals surface area contributed by atoms with E-state index in [2.05, 4.69) is 26.7 Å². The average Bonchev–Trinajstić information content (AvgIpc) is 3.06. The molecule has 0 radical (unpaired) electrons. The van der Waals surface area contributed by atoms with Crippen molar-refractivity contribution in [2.45, 2.75) is 10.9 Å². The molecule has 0 unspecified atom stereocenters. The van der Waals surface area contributed by atoms with E-state index >= 15 is 0 Å². The first-order chi connectivity index (χ1) is 10.3. The third kappa shape index (κ3) is 2.41. The number of benzene rings is 2. The van der Waals surface area contributed by atoms with Crippen molar-refractivity contribution < 1.29 is 0 Å². The predicted molar refractivity (Wildman–Crippen MR) is 89.4 cm³/mol. The quantitative estimate of drug-likeness (QED) is 0.501. The Labute approximate surface area is 134 Å². The summed E-state index contributed by atoms with van der Waals surface area (Å²) < 4.78 is 3.36. The first kappa shape index (κ1) is 13.1. The molecule has 2 aromatic heterocycles. The fraction of sp³-hybridized carbons (Fsp3) is 0.0667. The lowest BCUT2D eigenvalue weighted by Crippen LogP contribution is -1.87. The second-order valence-electron chi connectivity index (χ2n) is 4.59. The topological polar surface area (TPSA) is 30.2 Å². The number of rotatable bonds is 3. The van der Waals surface area contributed by atoms with Crippen molar-refractivity contribution >= 4 is 49.9 Å². The van der Waals surface area contributed by atoms with Gasteiger partial charge in [-0.25, -0.2) is 0 Å². The van der Waals surface area contributed by atoms with E-state index in [0.29, 0.717) is 0 Å². The van der Waals surface area contributed by atoms with Crippen molar-refractivity contribution in [2.75, 3.05) is 0 Å². The Morgan fingerprint density at radius 2 is 1.86 bits per heavy atom. The van der Waals surface area contributed by atoms with Crippen molar-refractivity contribution in [3.8, 4) is 0 Å². The number of nitrogens with zero attached hydrogens (tertiary/aromatic N) is 3. The Kier molecular flexibility index (Phi) is 3.33. The maximum atomic E-state index is 5.91. The molecular formula is C15H10ClN3S2. The molecule has 21 heavy (non-hydrogen) atoms. The molecule has 0 atom stereocenters. The minimum atomic E-state index is 0.762. The third-order valence-corrected chi connectivity index (χ3v) is 5.46. The van der Waals surface area contributed by atoms with E-state index in [4.69, 9.17) is 11.6 Å². The number of fused-ring (bicyclic) bond motifs is 3. The van der Waals surface area contributed by atoms with Crippen molar-refractivity contribution in [2.24, 2.45) is 0 Å². The second-order valence-corrected chi connectivity index (χ2v) is 6.97. The summed E-state index contributed by atoms with van der Waals surface area (Å²) in [4.78, 5) is 0.940. The highest BCUT2D eigenvalue weighted by molar-refractivity contribution is 7.98. The fourth-order valence-electron chi connectivity index (χ4n) is 2.18. The highest BCUT2D eigenvalue weighted by Crippen LogP contribution is 2.30. The summed E-state index contributed by atoms with van der Waals surface area (Å²) in [5, 5.41) is 10.3. The summed E-state index contributed by atoms with van der Waals surface area (Å²) in [6.07, 6.45) is 0. The van der Waals surface area contributed by atoms with E-state index in [9.17, 15) is 0 Å². The lowest BCUT2D eigenvalue weighted by molar-refractivity contribution is 0.940. The molecule has 0 aliphatic rings. The molecule has 6 heteroatoms. The Hall–Kier alpha value is -1.56. The molecule has 0 saturated carbocycles. The molecule has 0 aliphatic carbocycles. The molecule has 2 aromatic carbocycles. The van der Waals surface area contributed by atoms with Gasteiger partial charge >= 0.3 is 0 Å². The van der Waals surface area contributed by atoms with E-state index in [-0.39, 0.29) is 0 Å². The van der Waals surface area contributed by atoms with Gasteiger partial charge in [-0.1, -0.05) is 59.0 Å². The van der Waals surface area contributed by atoms with Gasteiger partial charge in [0.05, 0.1) is 10.2 Å². The van der Waals surface area contributed by atoms with Crippen molar-refractivity contribution in [3.05, 3.63) is 59.1 Å². The molecule has 3 nitrogen and oxygen atoms in total. The van der Waals surface area contributed by atoms with Crippen LogP contribution < -0.4 is 0 Å². The normalized spacial score (nSPS) is 11.5. The first-order valence-corrected chi connectivity index (χ1v) is 8.59. The van der Waals surface area contributed by atoms with Crippen molar-refractivity contribution in [3.63, 3.8) is 0 Å². The highest BCUT2D eigenvalue weighted by Gasteiger charge is 2.12. The summed E-state index contributed by atoms with van der Waals surface area (Å²) in [7, 11) is 0. The van der Waals surface area contributed by atoms with Gasteiger partial charge in [0.15, 0.2) is 5.16 Å². The minimum absolute atomic E-state index is 0.762. The third-order valence-electron chi connectivity index (χ3n) is 3.19. The van der Waals surface area contributed by atoms with E-state index in [0.717, 1.165) is 20.9 Å². The van der Waals surface area contributed by atoms with Crippen LogP contribution in [-0.2, 0) is 5.75 Å². The lowest BCUT2D eigenvalue weighted by Gasteiger charge is -2.00. The molecule has 2 heterocycles. The van der Waals surface area contributed by atoms with Crippen LogP contribution in [0.2, 0.25) is 5.02 Å². The van der Waals surface area contributed by atoms with E-state index < -0.39 is 0 Å². The highest BCUT2D eigenvalue weighted by atomic mass is 35.5. The molecule has 0 aliphatic heterocycles. The second kappa shape index (κ2) is 5.33. The van der Waals surface area contributed by atoms with Crippen LogP contribution in [0.4, 0.5) is 0 Å². The van der Waals surface area contributed by atoms with Gasteiger partial charge in [-0.05, 0) is 29.8 Å². The molecule has 0 N–H and O–H groups in total. The Morgan fingerprint density at radius 3 is 2.71 bits per heavy atom. The average molecular weight is 332 g/mol.